The summed E-state index contributed by atoms with van der Waals surface area (Å²) in [5, 5.41) is 4.80. The molecule has 7 heteroatoms. The lowest BCUT2D eigenvalue weighted by atomic mass is 10.1. The van der Waals surface area contributed by atoms with Crippen molar-refractivity contribution < 1.29 is 22.4 Å². The molecule has 0 spiro atoms. The largest absolute Gasteiger partial charge is 0.467 e. The molecule has 3 aromatic carbocycles. The van der Waals surface area contributed by atoms with Crippen molar-refractivity contribution >= 4 is 22.5 Å². The van der Waals surface area contributed by atoms with Crippen LogP contribution in [0.25, 0.3) is 10.8 Å². The molecule has 0 radical (unpaired) electrons. The van der Waals surface area contributed by atoms with E-state index in [1.807, 2.05) is 42.5 Å². The first-order valence-corrected chi connectivity index (χ1v) is 9.62. The molecule has 158 valence electrons. The van der Waals surface area contributed by atoms with Gasteiger partial charge in [0.1, 0.15) is 5.76 Å². The van der Waals surface area contributed by atoms with Gasteiger partial charge in [-0.25, -0.2) is 4.79 Å². The number of urea groups is 1. The lowest BCUT2D eigenvalue weighted by Gasteiger charge is -2.23. The SMILES string of the molecule is O=C(Nc1cccc2ccccc12)N(Cc1ccc(C(F)(F)F)cc1)Cc1ccco1. The summed E-state index contributed by atoms with van der Waals surface area (Å²) in [6.07, 6.45) is -2.90. The molecule has 1 N–H and O–H groups in total. The van der Waals surface area contributed by atoms with E-state index in [0.29, 0.717) is 17.0 Å². The summed E-state index contributed by atoms with van der Waals surface area (Å²) in [6, 6.07) is 21.2. The van der Waals surface area contributed by atoms with E-state index in [4.69, 9.17) is 4.42 Å². The molecule has 1 heterocycles. The highest BCUT2D eigenvalue weighted by atomic mass is 19.4. The van der Waals surface area contributed by atoms with Crippen LogP contribution in [-0.4, -0.2) is 10.9 Å². The van der Waals surface area contributed by atoms with Crippen molar-refractivity contribution in [3.8, 4) is 0 Å². The topological polar surface area (TPSA) is 45.5 Å². The zero-order chi connectivity index (χ0) is 21.8. The fourth-order valence-electron chi connectivity index (χ4n) is 3.34. The molecule has 0 fully saturated rings. The normalized spacial score (nSPS) is 11.5. The molecule has 0 aliphatic rings. The van der Waals surface area contributed by atoms with Gasteiger partial charge in [-0.3, -0.25) is 0 Å². The second kappa shape index (κ2) is 8.55. The number of hydrogen-bond acceptors (Lipinski definition) is 2. The highest BCUT2D eigenvalue weighted by Crippen LogP contribution is 2.29. The molecule has 2 amide bonds. The molecule has 0 unspecified atom stereocenters. The standard InChI is InChI=1S/C24H19F3N2O2/c25-24(26,27)19-12-10-17(11-13-19)15-29(16-20-7-4-14-31-20)23(30)28-22-9-3-6-18-5-1-2-8-21(18)22/h1-14H,15-16H2,(H,28,30). The highest BCUT2D eigenvalue weighted by Gasteiger charge is 2.30. The van der Waals surface area contributed by atoms with E-state index < -0.39 is 11.7 Å². The summed E-state index contributed by atoms with van der Waals surface area (Å²) in [4.78, 5) is 14.6. The van der Waals surface area contributed by atoms with Crippen molar-refractivity contribution in [1.29, 1.82) is 0 Å². The summed E-state index contributed by atoms with van der Waals surface area (Å²) < 4.78 is 43.9. The van der Waals surface area contributed by atoms with Gasteiger partial charge in [0.15, 0.2) is 0 Å². The second-order valence-electron chi connectivity index (χ2n) is 7.09. The van der Waals surface area contributed by atoms with Crippen LogP contribution in [0, 0.1) is 0 Å². The summed E-state index contributed by atoms with van der Waals surface area (Å²) in [7, 11) is 0. The number of rotatable bonds is 5. The fraction of sp³-hybridized carbons (Fsp3) is 0.125. The Bertz CT molecular complexity index is 1160. The first-order valence-electron chi connectivity index (χ1n) is 9.62. The minimum atomic E-state index is -4.40. The predicted octanol–water partition coefficient (Wildman–Crippen LogP) is 6.69. The van der Waals surface area contributed by atoms with Crippen LogP contribution in [0.4, 0.5) is 23.7 Å². The lowest BCUT2D eigenvalue weighted by Crippen LogP contribution is -2.34. The van der Waals surface area contributed by atoms with E-state index in [1.165, 1.54) is 23.3 Å². The van der Waals surface area contributed by atoms with Crippen molar-refractivity contribution in [3.05, 3.63) is 102 Å². The molecule has 0 atom stereocenters. The smallest absolute Gasteiger partial charge is 0.416 e. The van der Waals surface area contributed by atoms with Crippen molar-refractivity contribution in [2.45, 2.75) is 19.3 Å². The molecule has 4 nitrogen and oxygen atoms in total. The minimum absolute atomic E-state index is 0.120. The van der Waals surface area contributed by atoms with E-state index in [9.17, 15) is 18.0 Å². The maximum Gasteiger partial charge on any atom is 0.416 e. The van der Waals surface area contributed by atoms with Crippen molar-refractivity contribution in [2.24, 2.45) is 0 Å². The van der Waals surface area contributed by atoms with Crippen LogP contribution in [-0.2, 0) is 19.3 Å². The van der Waals surface area contributed by atoms with Crippen LogP contribution < -0.4 is 5.32 Å². The molecule has 0 bridgehead atoms. The van der Waals surface area contributed by atoms with Crippen LogP contribution in [0.5, 0.6) is 0 Å². The molecular weight excluding hydrogens is 405 g/mol. The summed E-state index contributed by atoms with van der Waals surface area (Å²) in [5.41, 5.74) is 0.502. The Hall–Kier alpha value is -3.74. The molecule has 0 aliphatic heterocycles. The Kier molecular flexibility index (Phi) is 5.66. The number of anilines is 1. The van der Waals surface area contributed by atoms with E-state index in [-0.39, 0.29) is 19.1 Å². The number of carbonyl (C=O) groups is 1. The van der Waals surface area contributed by atoms with Crippen LogP contribution in [0.2, 0.25) is 0 Å². The number of amides is 2. The van der Waals surface area contributed by atoms with Gasteiger partial charge in [-0.15, -0.1) is 0 Å². The molecule has 1 aromatic heterocycles. The number of nitrogens with zero attached hydrogens (tertiary/aromatic N) is 1. The van der Waals surface area contributed by atoms with Gasteiger partial charge in [-0.2, -0.15) is 13.2 Å². The van der Waals surface area contributed by atoms with Crippen molar-refractivity contribution in [1.82, 2.24) is 4.90 Å². The van der Waals surface area contributed by atoms with Gasteiger partial charge >= 0.3 is 12.2 Å². The maximum absolute atomic E-state index is 13.1. The van der Waals surface area contributed by atoms with Crippen molar-refractivity contribution in [3.63, 3.8) is 0 Å². The summed E-state index contributed by atoms with van der Waals surface area (Å²) >= 11 is 0. The molecule has 4 aromatic rings. The third-order valence-corrected chi connectivity index (χ3v) is 4.90. The average molecular weight is 424 g/mol. The number of halogens is 3. The molecule has 31 heavy (non-hydrogen) atoms. The lowest BCUT2D eigenvalue weighted by molar-refractivity contribution is -0.137. The zero-order valence-electron chi connectivity index (χ0n) is 16.4. The fourth-order valence-corrected chi connectivity index (χ4v) is 3.34. The van der Waals surface area contributed by atoms with Crippen molar-refractivity contribution in [2.75, 3.05) is 5.32 Å². The first-order chi connectivity index (χ1) is 14.9. The number of hydrogen-bond donors (Lipinski definition) is 1. The van der Waals surface area contributed by atoms with E-state index >= 15 is 0 Å². The third-order valence-electron chi connectivity index (χ3n) is 4.90. The summed E-state index contributed by atoms with van der Waals surface area (Å²) in [6.45, 7) is 0.292. The number of furan rings is 1. The van der Waals surface area contributed by atoms with Gasteiger partial charge in [-0.1, -0.05) is 48.5 Å². The van der Waals surface area contributed by atoms with E-state index in [1.54, 1.807) is 12.1 Å². The average Bonchev–Trinajstić information content (AvgIpc) is 3.26. The number of benzene rings is 3. The molecule has 0 saturated carbocycles. The van der Waals surface area contributed by atoms with E-state index in [0.717, 1.165) is 22.9 Å². The third kappa shape index (κ3) is 4.88. The Labute approximate surface area is 176 Å². The van der Waals surface area contributed by atoms with Gasteiger partial charge in [0.25, 0.3) is 0 Å². The Morgan fingerprint density at radius 1 is 0.871 bits per heavy atom. The van der Waals surface area contributed by atoms with Crippen LogP contribution in [0.15, 0.2) is 89.5 Å². The number of alkyl halides is 3. The Balaban J connectivity index is 1.57. The maximum atomic E-state index is 13.1. The monoisotopic (exact) mass is 424 g/mol. The quantitative estimate of drug-likeness (QED) is 0.388. The molecule has 0 saturated heterocycles. The predicted molar refractivity (Wildman–Crippen MR) is 112 cm³/mol. The van der Waals surface area contributed by atoms with Gasteiger partial charge in [-0.05, 0) is 41.3 Å². The Morgan fingerprint density at radius 2 is 1.61 bits per heavy atom. The van der Waals surface area contributed by atoms with Crippen LogP contribution in [0.3, 0.4) is 0 Å². The van der Waals surface area contributed by atoms with Gasteiger partial charge in [0, 0.05) is 11.9 Å². The van der Waals surface area contributed by atoms with Crippen LogP contribution >= 0.6 is 0 Å². The number of nitrogens with one attached hydrogen (secondary N) is 1. The second-order valence-corrected chi connectivity index (χ2v) is 7.09. The van der Waals surface area contributed by atoms with Gasteiger partial charge in [0.2, 0.25) is 0 Å². The molecule has 4 rings (SSSR count). The minimum Gasteiger partial charge on any atom is -0.467 e. The number of carbonyl (C=O) groups excluding carboxylic acids is 1. The number of fused-ring (bicyclic) bond motifs is 1. The zero-order valence-corrected chi connectivity index (χ0v) is 16.4. The van der Waals surface area contributed by atoms with Gasteiger partial charge in [0.05, 0.1) is 24.1 Å². The van der Waals surface area contributed by atoms with Gasteiger partial charge < -0.3 is 14.6 Å². The highest BCUT2D eigenvalue weighted by molar-refractivity contribution is 6.01. The van der Waals surface area contributed by atoms with E-state index in [2.05, 4.69) is 5.32 Å². The Morgan fingerprint density at radius 3 is 2.32 bits per heavy atom. The first kappa shape index (κ1) is 20.5. The summed E-state index contributed by atoms with van der Waals surface area (Å²) in [5.74, 6) is 0.569. The molecule has 0 aliphatic carbocycles. The molecular formula is C24H19F3N2O2. The van der Waals surface area contributed by atoms with Crippen LogP contribution in [0.1, 0.15) is 16.9 Å².